The van der Waals surface area contributed by atoms with Gasteiger partial charge in [-0.05, 0) is 46.7 Å². The Morgan fingerprint density at radius 1 is 1.00 bits per heavy atom. The van der Waals surface area contributed by atoms with Gasteiger partial charge < -0.3 is 10.8 Å². The predicted molar refractivity (Wildman–Crippen MR) is 117 cm³/mol. The molecule has 3 aromatic carbocycles. The molecule has 0 saturated heterocycles. The van der Waals surface area contributed by atoms with Gasteiger partial charge in [0.25, 0.3) is 0 Å². The van der Waals surface area contributed by atoms with Gasteiger partial charge in [-0.1, -0.05) is 30.3 Å². The molecule has 4 rings (SSSR count). The molecule has 0 saturated carbocycles. The molecule has 0 aromatic heterocycles. The molecule has 8 heteroatoms. The maximum absolute atomic E-state index is 12.7. The van der Waals surface area contributed by atoms with Crippen molar-refractivity contribution in [2.24, 2.45) is 10.7 Å². The molecule has 0 radical (unpaired) electrons. The first-order chi connectivity index (χ1) is 14.8. The van der Waals surface area contributed by atoms with Crippen molar-refractivity contribution < 1.29 is 19.5 Å². The molecule has 0 bridgehead atoms. The number of hydrogen-bond donors (Lipinski definition) is 3. The molecule has 3 aromatic rings. The molecule has 1 aliphatic rings. The molecular formula is C23H18N4O4. The topological polar surface area (TPSA) is 137 Å². The van der Waals surface area contributed by atoms with Crippen LogP contribution in [0.4, 0.5) is 10.5 Å². The number of aliphatic imine (C=N–C) groups is 1. The number of carboxylic acids is 1. The molecule has 0 unspecified atom stereocenters. The minimum Gasteiger partial charge on any atom is -0.477 e. The summed E-state index contributed by atoms with van der Waals surface area (Å²) in [5.74, 6) is -1.30. The zero-order valence-electron chi connectivity index (χ0n) is 16.3. The number of nitrogen functional groups attached to an aromatic ring is 1. The predicted octanol–water partition coefficient (Wildman–Crippen LogP) is 3.01. The van der Waals surface area contributed by atoms with Crippen LogP contribution in [0.3, 0.4) is 0 Å². The van der Waals surface area contributed by atoms with E-state index < -0.39 is 12.0 Å². The Morgan fingerprint density at radius 3 is 2.29 bits per heavy atom. The average molecular weight is 414 g/mol. The van der Waals surface area contributed by atoms with Crippen molar-refractivity contribution in [3.63, 3.8) is 0 Å². The third-order valence-electron chi connectivity index (χ3n) is 5.10. The van der Waals surface area contributed by atoms with Crippen LogP contribution in [0.15, 0.2) is 65.7 Å². The Labute approximate surface area is 177 Å². The highest BCUT2D eigenvalue weighted by atomic mass is 16.4. The zero-order chi connectivity index (χ0) is 22.1. The first-order valence-electron chi connectivity index (χ1n) is 9.44. The van der Waals surface area contributed by atoms with E-state index in [0.29, 0.717) is 16.8 Å². The number of nitrogens with two attached hydrogens (primary N) is 1. The number of carbonyl (C=O) groups is 3. The van der Waals surface area contributed by atoms with Gasteiger partial charge in [0.05, 0.1) is 6.54 Å². The summed E-state index contributed by atoms with van der Waals surface area (Å²) in [4.78, 5) is 40.4. The number of carboxylic acid groups (broad SMARTS) is 1. The van der Waals surface area contributed by atoms with Crippen LogP contribution < -0.4 is 10.6 Å². The number of carbonyl (C=O) groups excluding carboxylic acids is 2. The van der Waals surface area contributed by atoms with Crippen molar-refractivity contribution >= 4 is 45.8 Å². The number of amides is 2. The SMILES string of the molecule is N=C(N)c1ccc2cc(CC(=O)c3ccc(N4CC(C(=O)O)=NC4=O)cc3)ccc2c1. The van der Waals surface area contributed by atoms with Crippen LogP contribution in [0.2, 0.25) is 0 Å². The van der Waals surface area contributed by atoms with Crippen LogP contribution in [0.25, 0.3) is 10.8 Å². The fourth-order valence-electron chi connectivity index (χ4n) is 3.43. The number of benzene rings is 3. The monoisotopic (exact) mass is 414 g/mol. The van der Waals surface area contributed by atoms with Crippen LogP contribution in [-0.2, 0) is 11.2 Å². The van der Waals surface area contributed by atoms with Gasteiger partial charge >= 0.3 is 12.0 Å². The Morgan fingerprint density at radius 2 is 1.65 bits per heavy atom. The van der Waals surface area contributed by atoms with Crippen LogP contribution in [-0.4, -0.2) is 41.0 Å². The van der Waals surface area contributed by atoms with Crippen LogP contribution in [0, 0.1) is 5.41 Å². The highest BCUT2D eigenvalue weighted by Gasteiger charge is 2.28. The number of ketones is 1. The normalized spacial score (nSPS) is 13.4. The van der Waals surface area contributed by atoms with Gasteiger partial charge in [0.2, 0.25) is 0 Å². The van der Waals surface area contributed by atoms with Crippen molar-refractivity contribution in [1.29, 1.82) is 5.41 Å². The molecule has 31 heavy (non-hydrogen) atoms. The maximum atomic E-state index is 12.7. The van der Waals surface area contributed by atoms with E-state index >= 15 is 0 Å². The summed E-state index contributed by atoms with van der Waals surface area (Å²) in [6.45, 7) is -0.107. The molecular weight excluding hydrogens is 396 g/mol. The Balaban J connectivity index is 1.48. The summed E-state index contributed by atoms with van der Waals surface area (Å²) in [6, 6.07) is 17.0. The van der Waals surface area contributed by atoms with E-state index in [-0.39, 0.29) is 30.3 Å². The molecule has 4 N–H and O–H groups in total. The van der Waals surface area contributed by atoms with E-state index in [1.165, 1.54) is 4.90 Å². The highest BCUT2D eigenvalue weighted by molar-refractivity contribution is 6.41. The molecule has 8 nitrogen and oxygen atoms in total. The van der Waals surface area contributed by atoms with Crippen molar-refractivity contribution in [3.8, 4) is 0 Å². The summed E-state index contributed by atoms with van der Waals surface area (Å²) < 4.78 is 0. The standard InChI is InChI=1S/C23H18N4O4/c24-21(25)17-4-3-15-9-13(1-2-16(15)11-17)10-20(28)14-5-7-18(8-6-14)27-12-19(22(29)30)26-23(27)31/h1-9,11H,10,12H2,(H3,24,25)(H,29,30). The van der Waals surface area contributed by atoms with Gasteiger partial charge in [0.15, 0.2) is 11.5 Å². The molecule has 0 fully saturated rings. The van der Waals surface area contributed by atoms with Gasteiger partial charge in [0, 0.05) is 23.2 Å². The molecule has 0 spiro atoms. The second kappa shape index (κ2) is 7.83. The zero-order valence-corrected chi connectivity index (χ0v) is 16.3. The highest BCUT2D eigenvalue weighted by Crippen LogP contribution is 2.22. The maximum Gasteiger partial charge on any atom is 0.352 e. The molecule has 1 heterocycles. The largest absolute Gasteiger partial charge is 0.477 e. The number of Topliss-reactive ketones (excluding diaryl/α,β-unsaturated/α-hetero) is 1. The van der Waals surface area contributed by atoms with Crippen molar-refractivity contribution in [2.45, 2.75) is 6.42 Å². The summed E-state index contributed by atoms with van der Waals surface area (Å²) in [7, 11) is 0. The fraction of sp³-hybridized carbons (Fsp3) is 0.0870. The van der Waals surface area contributed by atoms with E-state index in [4.69, 9.17) is 16.2 Å². The second-order valence-corrected chi connectivity index (χ2v) is 7.19. The lowest BCUT2D eigenvalue weighted by atomic mass is 9.99. The minimum absolute atomic E-state index is 0.00554. The fourth-order valence-corrected chi connectivity index (χ4v) is 3.43. The van der Waals surface area contributed by atoms with Gasteiger partial charge in [-0.3, -0.25) is 15.1 Å². The Hall–Kier alpha value is -4.33. The molecule has 1 aliphatic heterocycles. The quantitative estimate of drug-likeness (QED) is 0.323. The number of rotatable bonds is 6. The van der Waals surface area contributed by atoms with Gasteiger partial charge in [0.1, 0.15) is 5.84 Å². The molecule has 154 valence electrons. The first kappa shape index (κ1) is 20.0. The number of anilines is 1. The third-order valence-corrected chi connectivity index (χ3v) is 5.10. The van der Waals surface area contributed by atoms with E-state index in [1.807, 2.05) is 30.3 Å². The first-order valence-corrected chi connectivity index (χ1v) is 9.44. The van der Waals surface area contributed by atoms with E-state index in [0.717, 1.165) is 16.3 Å². The van der Waals surface area contributed by atoms with Crippen LogP contribution in [0.1, 0.15) is 21.5 Å². The number of urea groups is 1. The van der Waals surface area contributed by atoms with Crippen molar-refractivity contribution in [2.75, 3.05) is 11.4 Å². The average Bonchev–Trinajstić information content (AvgIpc) is 3.15. The lowest BCUT2D eigenvalue weighted by Gasteiger charge is -2.14. The van der Waals surface area contributed by atoms with Crippen molar-refractivity contribution in [3.05, 3.63) is 77.4 Å². The molecule has 2 amide bonds. The summed E-state index contributed by atoms with van der Waals surface area (Å²) in [6.07, 6.45) is 0.207. The van der Waals surface area contributed by atoms with E-state index in [9.17, 15) is 14.4 Å². The Kier molecular flexibility index (Phi) is 5.04. The van der Waals surface area contributed by atoms with Gasteiger partial charge in [-0.15, -0.1) is 0 Å². The molecule has 0 aliphatic carbocycles. The van der Waals surface area contributed by atoms with Crippen LogP contribution in [0.5, 0.6) is 0 Å². The summed E-state index contributed by atoms with van der Waals surface area (Å²) in [5.41, 5.74) is 7.78. The van der Waals surface area contributed by atoms with E-state index in [2.05, 4.69) is 4.99 Å². The Bertz CT molecular complexity index is 1280. The number of nitrogens with one attached hydrogen (secondary N) is 1. The number of hydrogen-bond acceptors (Lipinski definition) is 4. The van der Waals surface area contributed by atoms with E-state index in [1.54, 1.807) is 30.3 Å². The third kappa shape index (κ3) is 4.04. The number of aliphatic carboxylic acids is 1. The number of fused-ring (bicyclic) bond motifs is 1. The molecule has 0 atom stereocenters. The van der Waals surface area contributed by atoms with Crippen molar-refractivity contribution in [1.82, 2.24) is 0 Å². The number of nitrogens with zero attached hydrogens (tertiary/aromatic N) is 2. The smallest absolute Gasteiger partial charge is 0.352 e. The lowest BCUT2D eigenvalue weighted by Crippen LogP contribution is -2.28. The minimum atomic E-state index is -1.23. The van der Waals surface area contributed by atoms with Gasteiger partial charge in [-0.2, -0.15) is 4.99 Å². The number of amidine groups is 1. The summed E-state index contributed by atoms with van der Waals surface area (Å²) >= 11 is 0. The van der Waals surface area contributed by atoms with Gasteiger partial charge in [-0.25, -0.2) is 9.59 Å². The van der Waals surface area contributed by atoms with Crippen LogP contribution >= 0.6 is 0 Å². The lowest BCUT2D eigenvalue weighted by molar-refractivity contribution is -0.129. The second-order valence-electron chi connectivity index (χ2n) is 7.19. The summed E-state index contributed by atoms with van der Waals surface area (Å²) in [5, 5.41) is 18.4.